The third kappa shape index (κ3) is 3.65. The first kappa shape index (κ1) is 12.9. The highest BCUT2D eigenvalue weighted by Gasteiger charge is 2.27. The Bertz CT molecular complexity index is 117. The molecule has 1 fully saturated rings. The van der Waals surface area contributed by atoms with Crippen molar-refractivity contribution in [1.29, 1.82) is 0 Å². The maximum atomic E-state index is 5.32. The van der Waals surface area contributed by atoms with Crippen molar-refractivity contribution in [2.75, 3.05) is 20.2 Å². The number of likely N-dealkylation sites (tertiary alicyclic amines) is 1. The van der Waals surface area contributed by atoms with E-state index in [9.17, 15) is 0 Å². The van der Waals surface area contributed by atoms with Gasteiger partial charge in [-0.3, -0.25) is 4.90 Å². The van der Waals surface area contributed by atoms with Crippen LogP contribution in [-0.4, -0.2) is 37.2 Å². The molecule has 0 amide bonds. The van der Waals surface area contributed by atoms with Gasteiger partial charge >= 0.3 is 0 Å². The number of methoxy groups -OCH3 is 1. The van der Waals surface area contributed by atoms with E-state index in [0.29, 0.717) is 12.1 Å². The summed E-state index contributed by atoms with van der Waals surface area (Å²) in [4.78, 5) is 2.51. The zero-order valence-corrected chi connectivity index (χ0v) is 9.84. The van der Waals surface area contributed by atoms with Gasteiger partial charge in [0, 0.05) is 13.2 Å². The van der Waals surface area contributed by atoms with Gasteiger partial charge in [0.25, 0.3) is 0 Å². The van der Waals surface area contributed by atoms with Gasteiger partial charge in [0.05, 0.1) is 6.10 Å². The van der Waals surface area contributed by atoms with Gasteiger partial charge < -0.3 is 4.74 Å². The lowest BCUT2D eigenvalue weighted by atomic mass is 10.1. The minimum Gasteiger partial charge on any atom is -0.380 e. The van der Waals surface area contributed by atoms with E-state index < -0.39 is 0 Å². The van der Waals surface area contributed by atoms with Crippen LogP contribution in [0.1, 0.15) is 40.5 Å². The summed E-state index contributed by atoms with van der Waals surface area (Å²) in [6.45, 7) is 10.8. The molecule has 0 bridgehead atoms. The lowest BCUT2D eigenvalue weighted by Gasteiger charge is -2.27. The minimum atomic E-state index is 0.400. The van der Waals surface area contributed by atoms with Gasteiger partial charge in [-0.05, 0) is 32.9 Å². The Balaban J connectivity index is 0.000000671. The standard InChI is InChI=1S/C9H19NO.C2H6/c1-4-10-7-5-6-9(10)8(2)11-3;1-2/h8-9H,4-7H2,1-3H3;1-2H3/t8-,9?;/m0./s1. The van der Waals surface area contributed by atoms with Crippen LogP contribution in [0, 0.1) is 0 Å². The highest BCUT2D eigenvalue weighted by Crippen LogP contribution is 2.20. The summed E-state index contributed by atoms with van der Waals surface area (Å²) in [5.74, 6) is 0. The molecule has 0 spiro atoms. The Morgan fingerprint density at radius 2 is 2.08 bits per heavy atom. The van der Waals surface area contributed by atoms with E-state index in [0.717, 1.165) is 0 Å². The topological polar surface area (TPSA) is 12.5 Å². The molecule has 1 aliphatic heterocycles. The van der Waals surface area contributed by atoms with Crippen LogP contribution < -0.4 is 0 Å². The van der Waals surface area contributed by atoms with Gasteiger partial charge in [-0.25, -0.2) is 0 Å². The summed E-state index contributed by atoms with van der Waals surface area (Å²) in [6, 6.07) is 0.671. The van der Waals surface area contributed by atoms with Crippen molar-refractivity contribution >= 4 is 0 Å². The number of nitrogens with zero attached hydrogens (tertiary/aromatic N) is 1. The Kier molecular flexibility index (Phi) is 7.29. The van der Waals surface area contributed by atoms with E-state index in [1.54, 1.807) is 7.11 Å². The second-order valence-corrected chi connectivity index (χ2v) is 3.28. The molecule has 0 radical (unpaired) electrons. The van der Waals surface area contributed by atoms with Gasteiger partial charge in [-0.15, -0.1) is 0 Å². The Morgan fingerprint density at radius 3 is 2.54 bits per heavy atom. The highest BCUT2D eigenvalue weighted by molar-refractivity contribution is 4.82. The van der Waals surface area contributed by atoms with Crippen molar-refractivity contribution in [3.8, 4) is 0 Å². The van der Waals surface area contributed by atoms with E-state index in [2.05, 4.69) is 18.7 Å². The van der Waals surface area contributed by atoms with Crippen LogP contribution in [-0.2, 0) is 4.74 Å². The summed E-state index contributed by atoms with van der Waals surface area (Å²) in [6.07, 6.45) is 3.05. The smallest absolute Gasteiger partial charge is 0.0698 e. The molecule has 0 aromatic heterocycles. The number of hydrogen-bond donors (Lipinski definition) is 0. The first-order valence-electron chi connectivity index (χ1n) is 5.56. The number of likely N-dealkylation sites (N-methyl/N-ethyl adjacent to an activating group) is 1. The Morgan fingerprint density at radius 1 is 1.46 bits per heavy atom. The summed E-state index contributed by atoms with van der Waals surface area (Å²) in [5, 5.41) is 0. The van der Waals surface area contributed by atoms with Crippen molar-refractivity contribution < 1.29 is 4.74 Å². The van der Waals surface area contributed by atoms with E-state index >= 15 is 0 Å². The lowest BCUT2D eigenvalue weighted by molar-refractivity contribution is 0.0459. The first-order chi connectivity index (χ1) is 6.29. The molecular weight excluding hydrogens is 162 g/mol. The fourth-order valence-electron chi connectivity index (χ4n) is 1.93. The molecular formula is C11H25NO. The van der Waals surface area contributed by atoms with Gasteiger partial charge in [-0.2, -0.15) is 0 Å². The van der Waals surface area contributed by atoms with E-state index in [-0.39, 0.29) is 0 Å². The van der Waals surface area contributed by atoms with Crippen LogP contribution in [0.4, 0.5) is 0 Å². The molecule has 1 rings (SSSR count). The molecule has 1 aliphatic rings. The summed E-state index contributed by atoms with van der Waals surface area (Å²) in [5.41, 5.74) is 0. The van der Waals surface area contributed by atoms with Gasteiger partial charge in [0.2, 0.25) is 0 Å². The highest BCUT2D eigenvalue weighted by atomic mass is 16.5. The molecule has 2 nitrogen and oxygen atoms in total. The predicted octanol–water partition coefficient (Wildman–Crippen LogP) is 2.53. The van der Waals surface area contributed by atoms with Crippen molar-refractivity contribution in [3.63, 3.8) is 0 Å². The Hall–Kier alpha value is -0.0800. The maximum Gasteiger partial charge on any atom is 0.0698 e. The molecule has 0 aromatic carbocycles. The molecule has 0 aromatic rings. The van der Waals surface area contributed by atoms with Crippen LogP contribution >= 0.6 is 0 Å². The zero-order valence-electron chi connectivity index (χ0n) is 9.84. The largest absolute Gasteiger partial charge is 0.380 e. The summed E-state index contributed by atoms with van der Waals surface area (Å²) < 4.78 is 5.32. The normalized spacial score (nSPS) is 25.2. The number of hydrogen-bond acceptors (Lipinski definition) is 2. The second-order valence-electron chi connectivity index (χ2n) is 3.28. The zero-order chi connectivity index (χ0) is 10.3. The fraction of sp³-hybridized carbons (Fsp3) is 1.00. The van der Waals surface area contributed by atoms with Crippen LogP contribution in [0.5, 0.6) is 0 Å². The molecule has 0 N–H and O–H groups in total. The molecule has 80 valence electrons. The predicted molar refractivity (Wildman–Crippen MR) is 58.1 cm³/mol. The minimum absolute atomic E-state index is 0.400. The van der Waals surface area contributed by atoms with Gasteiger partial charge in [-0.1, -0.05) is 20.8 Å². The monoisotopic (exact) mass is 187 g/mol. The molecule has 2 heteroatoms. The second kappa shape index (κ2) is 7.34. The lowest BCUT2D eigenvalue weighted by Crippen LogP contribution is -2.38. The third-order valence-electron chi connectivity index (χ3n) is 2.73. The average Bonchev–Trinajstić information content (AvgIpc) is 2.67. The van der Waals surface area contributed by atoms with Crippen molar-refractivity contribution in [2.24, 2.45) is 0 Å². The SMILES string of the molecule is CC.CCN1CCCC1[C@H](C)OC. The Labute approximate surface area is 83.3 Å². The van der Waals surface area contributed by atoms with E-state index in [1.807, 2.05) is 13.8 Å². The van der Waals surface area contributed by atoms with E-state index in [1.165, 1.54) is 25.9 Å². The quantitative estimate of drug-likeness (QED) is 0.673. The molecule has 1 unspecified atom stereocenters. The van der Waals surface area contributed by atoms with Crippen LogP contribution in [0.2, 0.25) is 0 Å². The van der Waals surface area contributed by atoms with Crippen molar-refractivity contribution in [3.05, 3.63) is 0 Å². The molecule has 0 aliphatic carbocycles. The van der Waals surface area contributed by atoms with Gasteiger partial charge in [0.1, 0.15) is 0 Å². The average molecular weight is 187 g/mol. The number of ether oxygens (including phenoxy) is 1. The van der Waals surface area contributed by atoms with Crippen LogP contribution in [0.15, 0.2) is 0 Å². The maximum absolute atomic E-state index is 5.32. The molecule has 13 heavy (non-hydrogen) atoms. The molecule has 1 saturated heterocycles. The van der Waals surface area contributed by atoms with Gasteiger partial charge in [0.15, 0.2) is 0 Å². The van der Waals surface area contributed by atoms with Crippen LogP contribution in [0.3, 0.4) is 0 Å². The van der Waals surface area contributed by atoms with Crippen molar-refractivity contribution in [1.82, 2.24) is 4.90 Å². The number of rotatable bonds is 3. The first-order valence-corrected chi connectivity index (χ1v) is 5.56. The van der Waals surface area contributed by atoms with Crippen LogP contribution in [0.25, 0.3) is 0 Å². The third-order valence-corrected chi connectivity index (χ3v) is 2.73. The van der Waals surface area contributed by atoms with E-state index in [4.69, 9.17) is 4.74 Å². The molecule has 0 saturated carbocycles. The molecule has 1 heterocycles. The molecule has 2 atom stereocenters. The summed E-state index contributed by atoms with van der Waals surface area (Å²) in [7, 11) is 1.80. The fourth-order valence-corrected chi connectivity index (χ4v) is 1.93. The van der Waals surface area contributed by atoms with Crippen molar-refractivity contribution in [2.45, 2.75) is 52.7 Å². The summed E-state index contributed by atoms with van der Waals surface area (Å²) >= 11 is 0.